The third-order valence-corrected chi connectivity index (χ3v) is 3.01. The van der Waals surface area contributed by atoms with Crippen LogP contribution in [0.2, 0.25) is 0 Å². The number of hydrogen-bond donors (Lipinski definition) is 1. The summed E-state index contributed by atoms with van der Waals surface area (Å²) in [6.45, 7) is 4.62. The normalized spacial score (nSPS) is 10.9. The van der Waals surface area contributed by atoms with Crippen LogP contribution in [0.1, 0.15) is 20.3 Å². The third-order valence-electron chi connectivity index (χ3n) is 3.01. The van der Waals surface area contributed by atoms with Gasteiger partial charge in [-0.2, -0.15) is 0 Å². The Labute approximate surface area is 113 Å². The molecule has 0 aliphatic heterocycles. The van der Waals surface area contributed by atoms with Crippen LogP contribution in [-0.2, 0) is 11.3 Å². The van der Waals surface area contributed by atoms with Gasteiger partial charge in [-0.1, -0.05) is 0 Å². The van der Waals surface area contributed by atoms with E-state index in [1.54, 1.807) is 7.11 Å². The summed E-state index contributed by atoms with van der Waals surface area (Å²) in [6.07, 6.45) is 2.50. The van der Waals surface area contributed by atoms with Gasteiger partial charge in [0, 0.05) is 36.1 Å². The summed E-state index contributed by atoms with van der Waals surface area (Å²) in [7, 11) is 1.66. The topological polar surface area (TPSA) is 43.3 Å². The van der Waals surface area contributed by atoms with Crippen molar-refractivity contribution in [3.63, 3.8) is 0 Å². The van der Waals surface area contributed by atoms with E-state index in [1.165, 1.54) is 0 Å². The highest BCUT2D eigenvalue weighted by Gasteiger charge is 2.06. The molecule has 1 aromatic heterocycles. The Morgan fingerprint density at radius 2 is 2.16 bits per heavy atom. The van der Waals surface area contributed by atoms with Gasteiger partial charge in [0.1, 0.15) is 5.75 Å². The molecule has 0 atom stereocenters. The Bertz CT molecular complexity index is 573. The molecule has 0 saturated carbocycles. The van der Waals surface area contributed by atoms with Gasteiger partial charge >= 0.3 is 0 Å². The Morgan fingerprint density at radius 1 is 1.37 bits per heavy atom. The summed E-state index contributed by atoms with van der Waals surface area (Å²) >= 11 is 0. The lowest BCUT2D eigenvalue weighted by molar-refractivity contribution is -0.121. The molecule has 1 amide bonds. The highest BCUT2D eigenvalue weighted by atomic mass is 16.5. The molecule has 2 aromatic rings. The fourth-order valence-electron chi connectivity index (χ4n) is 2.12. The smallest absolute Gasteiger partial charge is 0.221 e. The predicted molar refractivity (Wildman–Crippen MR) is 76.4 cm³/mol. The Morgan fingerprint density at radius 3 is 2.84 bits per heavy atom. The summed E-state index contributed by atoms with van der Waals surface area (Å²) in [5.74, 6) is 0.938. The van der Waals surface area contributed by atoms with Crippen LogP contribution in [-0.4, -0.2) is 23.6 Å². The molecule has 0 saturated heterocycles. The maximum Gasteiger partial charge on any atom is 0.221 e. The Balaban J connectivity index is 2.07. The zero-order valence-corrected chi connectivity index (χ0v) is 11.6. The second-order valence-corrected chi connectivity index (χ2v) is 4.91. The first-order chi connectivity index (χ1) is 9.10. The summed E-state index contributed by atoms with van der Waals surface area (Å²) < 4.78 is 7.29. The molecule has 0 spiro atoms. The van der Waals surface area contributed by atoms with Crippen LogP contribution >= 0.6 is 0 Å². The molecule has 0 aliphatic rings. The first-order valence-corrected chi connectivity index (χ1v) is 6.52. The van der Waals surface area contributed by atoms with Crippen LogP contribution < -0.4 is 10.1 Å². The van der Waals surface area contributed by atoms with Crippen molar-refractivity contribution in [2.75, 3.05) is 7.11 Å². The monoisotopic (exact) mass is 260 g/mol. The number of aromatic nitrogens is 1. The molecule has 102 valence electrons. The predicted octanol–water partition coefficient (Wildman–Crippen LogP) is 2.56. The van der Waals surface area contributed by atoms with Crippen LogP contribution in [0.3, 0.4) is 0 Å². The summed E-state index contributed by atoms with van der Waals surface area (Å²) in [6, 6.07) is 8.19. The molecule has 0 unspecified atom stereocenters. The van der Waals surface area contributed by atoms with E-state index in [1.807, 2.05) is 44.3 Å². The molecule has 4 nitrogen and oxygen atoms in total. The molecule has 1 N–H and O–H groups in total. The maximum atomic E-state index is 11.6. The molecule has 2 rings (SSSR count). The van der Waals surface area contributed by atoms with E-state index < -0.39 is 0 Å². The molecule has 0 fully saturated rings. The Hall–Kier alpha value is -1.97. The van der Waals surface area contributed by atoms with E-state index >= 15 is 0 Å². The number of nitrogens with zero attached hydrogens (tertiary/aromatic N) is 1. The molecular formula is C15H20N2O2. The zero-order valence-electron chi connectivity index (χ0n) is 11.6. The SMILES string of the molecule is COc1ccc2c(ccn2CCC(=O)NC(C)C)c1. The quantitative estimate of drug-likeness (QED) is 0.898. The van der Waals surface area contributed by atoms with E-state index in [2.05, 4.69) is 9.88 Å². The van der Waals surface area contributed by atoms with E-state index in [9.17, 15) is 4.79 Å². The zero-order chi connectivity index (χ0) is 13.8. The van der Waals surface area contributed by atoms with Gasteiger partial charge in [0.25, 0.3) is 0 Å². The van der Waals surface area contributed by atoms with Crippen molar-refractivity contribution in [1.82, 2.24) is 9.88 Å². The number of nitrogens with one attached hydrogen (secondary N) is 1. The number of aryl methyl sites for hydroxylation is 1. The number of rotatable bonds is 5. The summed E-state index contributed by atoms with van der Waals surface area (Å²) in [5.41, 5.74) is 1.12. The fraction of sp³-hybridized carbons (Fsp3) is 0.400. The molecule has 4 heteroatoms. The molecule has 0 aliphatic carbocycles. The largest absolute Gasteiger partial charge is 0.497 e. The van der Waals surface area contributed by atoms with E-state index in [-0.39, 0.29) is 11.9 Å². The lowest BCUT2D eigenvalue weighted by Gasteiger charge is -2.09. The van der Waals surface area contributed by atoms with Gasteiger partial charge in [-0.05, 0) is 38.1 Å². The standard InChI is InChI=1S/C15H20N2O2/c1-11(2)16-15(18)7-9-17-8-6-12-10-13(19-3)4-5-14(12)17/h4-6,8,10-11H,7,9H2,1-3H3,(H,16,18). The highest BCUT2D eigenvalue weighted by Crippen LogP contribution is 2.21. The number of ether oxygens (including phenoxy) is 1. The van der Waals surface area contributed by atoms with Gasteiger partial charge in [0.2, 0.25) is 5.91 Å². The van der Waals surface area contributed by atoms with Crippen LogP contribution in [0.4, 0.5) is 0 Å². The fourth-order valence-corrected chi connectivity index (χ4v) is 2.12. The van der Waals surface area contributed by atoms with Crippen LogP contribution in [0.25, 0.3) is 10.9 Å². The van der Waals surface area contributed by atoms with Gasteiger partial charge in [-0.25, -0.2) is 0 Å². The molecule has 19 heavy (non-hydrogen) atoms. The van der Waals surface area contributed by atoms with Crippen molar-refractivity contribution >= 4 is 16.8 Å². The number of fused-ring (bicyclic) bond motifs is 1. The Kier molecular flexibility index (Phi) is 4.10. The average Bonchev–Trinajstić information content (AvgIpc) is 2.77. The number of benzene rings is 1. The molecule has 1 aromatic carbocycles. The summed E-state index contributed by atoms with van der Waals surface area (Å²) in [5, 5.41) is 4.03. The molecule has 1 heterocycles. The third kappa shape index (κ3) is 3.28. The minimum Gasteiger partial charge on any atom is -0.497 e. The van der Waals surface area contributed by atoms with E-state index in [0.717, 1.165) is 16.7 Å². The number of carbonyl (C=O) groups is 1. The van der Waals surface area contributed by atoms with Gasteiger partial charge < -0.3 is 14.6 Å². The van der Waals surface area contributed by atoms with Crippen molar-refractivity contribution in [3.05, 3.63) is 30.5 Å². The van der Waals surface area contributed by atoms with Gasteiger partial charge in [0.15, 0.2) is 0 Å². The average molecular weight is 260 g/mol. The second kappa shape index (κ2) is 5.78. The van der Waals surface area contributed by atoms with Crippen molar-refractivity contribution in [3.8, 4) is 5.75 Å². The maximum absolute atomic E-state index is 11.6. The van der Waals surface area contributed by atoms with Gasteiger partial charge in [-0.15, -0.1) is 0 Å². The number of hydrogen-bond acceptors (Lipinski definition) is 2. The van der Waals surface area contributed by atoms with Crippen molar-refractivity contribution in [1.29, 1.82) is 0 Å². The summed E-state index contributed by atoms with van der Waals surface area (Å²) in [4.78, 5) is 11.6. The molecular weight excluding hydrogens is 240 g/mol. The van der Waals surface area contributed by atoms with E-state index in [4.69, 9.17) is 4.74 Å². The lowest BCUT2D eigenvalue weighted by atomic mass is 10.2. The first kappa shape index (κ1) is 13.5. The number of carbonyl (C=O) groups excluding carboxylic acids is 1. The van der Waals surface area contributed by atoms with Gasteiger partial charge in [0.05, 0.1) is 7.11 Å². The first-order valence-electron chi connectivity index (χ1n) is 6.52. The van der Waals surface area contributed by atoms with Gasteiger partial charge in [-0.3, -0.25) is 4.79 Å². The minimum atomic E-state index is 0.0883. The van der Waals surface area contributed by atoms with Crippen LogP contribution in [0.15, 0.2) is 30.5 Å². The molecule has 0 bridgehead atoms. The van der Waals surface area contributed by atoms with Crippen molar-refractivity contribution < 1.29 is 9.53 Å². The molecule has 0 radical (unpaired) electrons. The van der Waals surface area contributed by atoms with Crippen molar-refractivity contribution in [2.24, 2.45) is 0 Å². The lowest BCUT2D eigenvalue weighted by Crippen LogP contribution is -2.30. The van der Waals surface area contributed by atoms with Crippen molar-refractivity contribution in [2.45, 2.75) is 32.9 Å². The van der Waals surface area contributed by atoms with Crippen LogP contribution in [0.5, 0.6) is 5.75 Å². The number of amides is 1. The van der Waals surface area contributed by atoms with Crippen LogP contribution in [0, 0.1) is 0 Å². The highest BCUT2D eigenvalue weighted by molar-refractivity contribution is 5.82. The number of methoxy groups -OCH3 is 1. The second-order valence-electron chi connectivity index (χ2n) is 4.91. The van der Waals surface area contributed by atoms with E-state index in [0.29, 0.717) is 13.0 Å². The minimum absolute atomic E-state index is 0.0883.